The number of hydrogen-bond donors (Lipinski definition) is 0. The van der Waals surface area contributed by atoms with Crippen molar-refractivity contribution >= 4 is 34.7 Å². The molecule has 0 saturated carbocycles. The third-order valence-corrected chi connectivity index (χ3v) is 12.2. The number of carbonyl (C=O) groups is 2. The van der Waals surface area contributed by atoms with Crippen molar-refractivity contribution in [3.05, 3.63) is 114 Å². The first-order chi connectivity index (χ1) is 16.5. The van der Waals surface area contributed by atoms with Gasteiger partial charge in [0.05, 0.1) is 0 Å². The van der Waals surface area contributed by atoms with Crippen LogP contribution < -0.4 is 15.9 Å². The predicted molar refractivity (Wildman–Crippen MR) is 146 cm³/mol. The molecule has 3 aromatic rings. The van der Waals surface area contributed by atoms with Crippen LogP contribution in [0.3, 0.4) is 0 Å². The van der Waals surface area contributed by atoms with Crippen molar-refractivity contribution in [2.75, 3.05) is 6.16 Å². The molecule has 3 aromatic carbocycles. The van der Waals surface area contributed by atoms with Gasteiger partial charge in [-0.05, 0) is 0 Å². The molecule has 0 saturated heterocycles. The molecule has 0 radical (unpaired) electrons. The number of unbranched alkanes of at least 4 members (excludes halogenated alkanes) is 2. The van der Waals surface area contributed by atoms with Crippen molar-refractivity contribution in [1.29, 1.82) is 0 Å². The Balaban J connectivity index is 1.55. The third kappa shape index (κ3) is 4.88. The van der Waals surface area contributed by atoms with Gasteiger partial charge in [-0.25, -0.2) is 0 Å². The van der Waals surface area contributed by atoms with Crippen LogP contribution in [0.2, 0.25) is 0 Å². The van der Waals surface area contributed by atoms with E-state index in [1.54, 1.807) is 19.9 Å². The topological polar surface area (TPSA) is 34.1 Å². The number of ketones is 2. The molecule has 2 nitrogen and oxygen atoms in total. The summed E-state index contributed by atoms with van der Waals surface area (Å²) < 4.78 is 0. The van der Waals surface area contributed by atoms with E-state index in [-0.39, 0.29) is 11.6 Å². The maximum atomic E-state index is 12.6. The summed E-state index contributed by atoms with van der Waals surface area (Å²) in [6, 6.07) is 32.9. The summed E-state index contributed by atoms with van der Waals surface area (Å²) in [5, 5.41) is 4.29. The zero-order chi connectivity index (χ0) is 24.0. The summed E-state index contributed by atoms with van der Waals surface area (Å²) >= 11 is 0. The molecule has 0 fully saturated rings. The Morgan fingerprint density at radius 3 is 1.53 bits per heavy atom. The summed E-state index contributed by atoms with van der Waals surface area (Å²) in [4.78, 5) is 24.8. The van der Waals surface area contributed by atoms with E-state index in [1.807, 2.05) is 0 Å². The molecule has 0 atom stereocenters. The first-order valence-corrected chi connectivity index (χ1v) is 14.4. The van der Waals surface area contributed by atoms with Gasteiger partial charge in [-0.1, -0.05) is 0 Å². The third-order valence-electron chi connectivity index (χ3n) is 7.17. The Morgan fingerprint density at radius 2 is 1.06 bits per heavy atom. The number of carbonyl (C=O) groups excluding carboxylic acids is 2. The molecule has 4 rings (SSSR count). The van der Waals surface area contributed by atoms with E-state index in [0.717, 1.165) is 25.4 Å². The molecule has 0 heterocycles. The monoisotopic (exact) mass is 468 g/mol. The van der Waals surface area contributed by atoms with Crippen molar-refractivity contribution in [3.8, 4) is 0 Å². The summed E-state index contributed by atoms with van der Waals surface area (Å²) in [5.41, 5.74) is 1.86. The fourth-order valence-corrected chi connectivity index (χ4v) is 10.0. The molecule has 0 unspecified atom stereocenters. The summed E-state index contributed by atoms with van der Waals surface area (Å²) in [7, 11) is -2.20. The average Bonchev–Trinajstić information content (AvgIpc) is 2.89. The van der Waals surface area contributed by atoms with E-state index in [9.17, 15) is 9.59 Å². The van der Waals surface area contributed by atoms with Crippen LogP contribution in [0.25, 0.3) is 0 Å². The van der Waals surface area contributed by atoms with E-state index < -0.39 is 7.26 Å². The van der Waals surface area contributed by atoms with Gasteiger partial charge < -0.3 is 0 Å². The maximum absolute atomic E-state index is 12.6. The summed E-state index contributed by atoms with van der Waals surface area (Å²) in [6.07, 6.45) is 6.36. The summed E-state index contributed by atoms with van der Waals surface area (Å²) in [5.74, 6) is 0.0226. The van der Waals surface area contributed by atoms with E-state index in [4.69, 9.17) is 0 Å². The van der Waals surface area contributed by atoms with E-state index in [0.29, 0.717) is 23.1 Å². The molecule has 0 N–H and O–H groups in total. The number of hydrogen-bond acceptors (Lipinski definition) is 2. The molecule has 1 aliphatic carbocycles. The minimum absolute atomic E-state index is 0.0178. The van der Waals surface area contributed by atoms with Gasteiger partial charge in [0.15, 0.2) is 0 Å². The van der Waals surface area contributed by atoms with Crippen LogP contribution in [0.5, 0.6) is 0 Å². The van der Waals surface area contributed by atoms with Crippen molar-refractivity contribution < 1.29 is 9.59 Å². The second kappa shape index (κ2) is 10.9. The summed E-state index contributed by atoms with van der Waals surface area (Å²) in [6.45, 7) is 3.51. The average molecular weight is 469 g/mol. The molecular formula is C31H33O2P. The van der Waals surface area contributed by atoms with Crippen LogP contribution in [0, 0.1) is 0 Å². The molecular weight excluding hydrogens is 435 g/mol. The Labute approximate surface area is 203 Å². The van der Waals surface area contributed by atoms with Crippen LogP contribution >= 0.6 is 7.26 Å². The molecule has 34 heavy (non-hydrogen) atoms. The molecule has 0 bridgehead atoms. The first kappa shape index (κ1) is 24.0. The number of allylic oxidation sites excluding steroid dienone is 4. The molecule has 0 aliphatic heterocycles. The Bertz CT molecular complexity index is 1110. The van der Waals surface area contributed by atoms with E-state index >= 15 is 0 Å². The van der Waals surface area contributed by atoms with Crippen molar-refractivity contribution in [1.82, 2.24) is 0 Å². The van der Waals surface area contributed by atoms with Crippen molar-refractivity contribution in [2.24, 2.45) is 0 Å². The van der Waals surface area contributed by atoms with Gasteiger partial charge >= 0.3 is 204 Å². The predicted octanol–water partition coefficient (Wildman–Crippen LogP) is 5.69. The molecule has 0 spiro atoms. The Hall–Kier alpha value is -3.09. The molecule has 0 amide bonds. The van der Waals surface area contributed by atoms with Crippen LogP contribution in [0.4, 0.5) is 0 Å². The van der Waals surface area contributed by atoms with E-state index in [2.05, 4.69) is 91.0 Å². The molecule has 3 heteroatoms. The number of rotatable bonds is 9. The molecule has 1 aliphatic rings. The fraction of sp³-hybridized carbons (Fsp3) is 0.226. The van der Waals surface area contributed by atoms with Gasteiger partial charge in [-0.3, -0.25) is 0 Å². The second-order valence-electron chi connectivity index (χ2n) is 9.18. The Kier molecular flexibility index (Phi) is 7.70. The van der Waals surface area contributed by atoms with Crippen LogP contribution in [-0.2, 0) is 9.59 Å². The second-order valence-corrected chi connectivity index (χ2v) is 13.2. The fourth-order valence-electron chi connectivity index (χ4n) is 5.10. The van der Waals surface area contributed by atoms with Crippen molar-refractivity contribution in [2.45, 2.75) is 39.5 Å². The normalized spacial score (nSPS) is 14.8. The van der Waals surface area contributed by atoms with Crippen molar-refractivity contribution in [3.63, 3.8) is 0 Å². The Morgan fingerprint density at radius 1 is 0.588 bits per heavy atom. The SMILES string of the molecule is CC1=C(C)C(=O)C(CCCCC[PH](c2ccccc2)(c2ccccc2)c2ccccc2)=CC1=O. The van der Waals surface area contributed by atoms with E-state index in [1.165, 1.54) is 15.9 Å². The van der Waals surface area contributed by atoms with Gasteiger partial charge in [0, 0.05) is 0 Å². The van der Waals surface area contributed by atoms with Crippen LogP contribution in [0.15, 0.2) is 114 Å². The number of Topliss-reactive ketones (excluding diaryl/α,β-unsaturated/α-hetero) is 1. The van der Waals surface area contributed by atoms with Gasteiger partial charge in [-0.2, -0.15) is 0 Å². The van der Waals surface area contributed by atoms with Crippen LogP contribution in [-0.4, -0.2) is 17.7 Å². The first-order valence-electron chi connectivity index (χ1n) is 12.2. The van der Waals surface area contributed by atoms with Crippen LogP contribution in [0.1, 0.15) is 39.5 Å². The van der Waals surface area contributed by atoms with Gasteiger partial charge in [0.1, 0.15) is 0 Å². The quantitative estimate of drug-likeness (QED) is 0.230. The molecule has 0 aromatic heterocycles. The zero-order valence-corrected chi connectivity index (χ0v) is 21.1. The zero-order valence-electron chi connectivity index (χ0n) is 20.1. The van der Waals surface area contributed by atoms with Gasteiger partial charge in [0.2, 0.25) is 0 Å². The minimum atomic E-state index is -2.20. The standard InChI is InChI=1S/C31H33O2P/c1-24-25(2)31(33)26(23-30(24)32)15-7-6-14-22-34(27-16-8-3-9-17-27,28-18-10-4-11-19-28)29-20-12-5-13-21-29/h3-5,8-13,16-21,23,34H,6-7,14-15,22H2,1-2H3. The molecule has 174 valence electrons. The van der Waals surface area contributed by atoms with Gasteiger partial charge in [-0.15, -0.1) is 0 Å². The number of benzene rings is 3. The van der Waals surface area contributed by atoms with Gasteiger partial charge in [0.25, 0.3) is 0 Å².